The van der Waals surface area contributed by atoms with E-state index in [0.717, 1.165) is 17.7 Å². The summed E-state index contributed by atoms with van der Waals surface area (Å²) < 4.78 is 5.83. The first-order valence-corrected chi connectivity index (χ1v) is 7.18. The third-order valence-electron chi connectivity index (χ3n) is 4.28. The zero-order valence-electron chi connectivity index (χ0n) is 12.5. The van der Waals surface area contributed by atoms with Crippen molar-refractivity contribution >= 4 is 11.6 Å². The van der Waals surface area contributed by atoms with E-state index in [-0.39, 0.29) is 11.5 Å². The second kappa shape index (κ2) is 5.44. The van der Waals surface area contributed by atoms with Crippen molar-refractivity contribution < 1.29 is 9.53 Å². The molecular weight excluding hydrogens is 252 g/mol. The Morgan fingerprint density at radius 2 is 2.25 bits per heavy atom. The summed E-state index contributed by atoms with van der Waals surface area (Å²) in [5, 5.41) is 3.37. The van der Waals surface area contributed by atoms with E-state index in [1.165, 1.54) is 0 Å². The van der Waals surface area contributed by atoms with E-state index >= 15 is 0 Å². The van der Waals surface area contributed by atoms with Crippen LogP contribution in [-0.2, 0) is 9.53 Å². The molecule has 2 rings (SSSR count). The zero-order chi connectivity index (χ0) is 14.8. The molecule has 3 N–H and O–H groups in total. The van der Waals surface area contributed by atoms with Gasteiger partial charge in [-0.3, -0.25) is 4.79 Å². The standard InChI is InChI=1S/C16H24N2O2/c1-4-15(3)11-16(14(17)19,8-9-20-15)18-13-7-5-6-12(2)10-13/h5-7,10,18H,4,8-9,11H2,1-3H3,(H2,17,19). The van der Waals surface area contributed by atoms with Crippen LogP contribution in [-0.4, -0.2) is 23.7 Å². The van der Waals surface area contributed by atoms with E-state index in [4.69, 9.17) is 10.5 Å². The molecule has 0 spiro atoms. The van der Waals surface area contributed by atoms with E-state index in [9.17, 15) is 4.79 Å². The largest absolute Gasteiger partial charge is 0.375 e. The van der Waals surface area contributed by atoms with Gasteiger partial charge in [0, 0.05) is 18.5 Å². The molecule has 1 aromatic rings. The Balaban J connectivity index is 2.28. The Hall–Kier alpha value is -1.55. The third-order valence-corrected chi connectivity index (χ3v) is 4.28. The molecule has 1 aliphatic heterocycles. The normalized spacial score (nSPS) is 29.9. The molecule has 110 valence electrons. The summed E-state index contributed by atoms with van der Waals surface area (Å²) in [4.78, 5) is 12.1. The number of anilines is 1. The minimum atomic E-state index is -0.725. The SMILES string of the molecule is CCC1(C)CC(Nc2cccc(C)c2)(C(N)=O)CCO1. The zero-order valence-corrected chi connectivity index (χ0v) is 12.5. The van der Waals surface area contributed by atoms with Crippen LogP contribution in [0.3, 0.4) is 0 Å². The first kappa shape index (κ1) is 14.9. The predicted molar refractivity (Wildman–Crippen MR) is 80.6 cm³/mol. The van der Waals surface area contributed by atoms with Crippen LogP contribution in [0.2, 0.25) is 0 Å². The fourth-order valence-corrected chi connectivity index (χ4v) is 2.85. The molecule has 4 nitrogen and oxygen atoms in total. The average molecular weight is 276 g/mol. The second-order valence-electron chi connectivity index (χ2n) is 6.02. The summed E-state index contributed by atoms with van der Waals surface area (Å²) in [5.41, 5.74) is 6.77. The highest BCUT2D eigenvalue weighted by molar-refractivity contribution is 5.88. The molecule has 0 saturated carbocycles. The molecule has 1 saturated heterocycles. The minimum Gasteiger partial charge on any atom is -0.375 e. The quantitative estimate of drug-likeness (QED) is 0.888. The number of benzene rings is 1. The summed E-state index contributed by atoms with van der Waals surface area (Å²) in [6.45, 7) is 6.69. The van der Waals surface area contributed by atoms with Crippen molar-refractivity contribution in [3.63, 3.8) is 0 Å². The van der Waals surface area contributed by atoms with Gasteiger partial charge in [-0.2, -0.15) is 0 Å². The number of ether oxygens (including phenoxy) is 1. The maximum absolute atomic E-state index is 12.1. The molecule has 0 aromatic heterocycles. The Morgan fingerprint density at radius 3 is 2.85 bits per heavy atom. The number of aryl methyl sites for hydroxylation is 1. The molecule has 1 aliphatic rings. The van der Waals surface area contributed by atoms with Gasteiger partial charge in [0.25, 0.3) is 0 Å². The molecule has 2 atom stereocenters. The van der Waals surface area contributed by atoms with Gasteiger partial charge < -0.3 is 15.8 Å². The second-order valence-corrected chi connectivity index (χ2v) is 6.02. The Morgan fingerprint density at radius 1 is 1.50 bits per heavy atom. The van der Waals surface area contributed by atoms with Crippen molar-refractivity contribution in [1.82, 2.24) is 0 Å². The van der Waals surface area contributed by atoms with E-state index in [2.05, 4.69) is 12.2 Å². The lowest BCUT2D eigenvalue weighted by molar-refractivity contribution is -0.135. The lowest BCUT2D eigenvalue weighted by atomic mass is 9.78. The van der Waals surface area contributed by atoms with Crippen LogP contribution in [0.25, 0.3) is 0 Å². The van der Waals surface area contributed by atoms with Crippen molar-refractivity contribution in [3.05, 3.63) is 29.8 Å². The van der Waals surface area contributed by atoms with Gasteiger partial charge in [0.2, 0.25) is 5.91 Å². The summed E-state index contributed by atoms with van der Waals surface area (Å²) in [5.74, 6) is -0.304. The molecule has 1 amide bonds. The minimum absolute atomic E-state index is 0.301. The third kappa shape index (κ3) is 2.96. The van der Waals surface area contributed by atoms with Gasteiger partial charge in [-0.1, -0.05) is 19.1 Å². The monoisotopic (exact) mass is 276 g/mol. The number of carbonyl (C=O) groups is 1. The highest BCUT2D eigenvalue weighted by Gasteiger charge is 2.46. The van der Waals surface area contributed by atoms with Crippen LogP contribution in [0.1, 0.15) is 38.7 Å². The van der Waals surface area contributed by atoms with Gasteiger partial charge in [0.1, 0.15) is 5.54 Å². The topological polar surface area (TPSA) is 64.3 Å². The van der Waals surface area contributed by atoms with E-state index in [1.54, 1.807) is 0 Å². The van der Waals surface area contributed by atoms with Gasteiger partial charge >= 0.3 is 0 Å². The van der Waals surface area contributed by atoms with Crippen LogP contribution in [0.4, 0.5) is 5.69 Å². The maximum Gasteiger partial charge on any atom is 0.243 e. The number of amides is 1. The smallest absolute Gasteiger partial charge is 0.243 e. The van der Waals surface area contributed by atoms with E-state index in [1.807, 2.05) is 38.1 Å². The lowest BCUT2D eigenvalue weighted by Crippen LogP contribution is -2.59. The summed E-state index contributed by atoms with van der Waals surface area (Å²) in [6.07, 6.45) is 2.06. The highest BCUT2D eigenvalue weighted by Crippen LogP contribution is 2.36. The molecule has 1 fully saturated rings. The molecule has 4 heteroatoms. The van der Waals surface area contributed by atoms with Crippen molar-refractivity contribution in [1.29, 1.82) is 0 Å². The number of rotatable bonds is 4. The van der Waals surface area contributed by atoms with Crippen LogP contribution >= 0.6 is 0 Å². The summed E-state index contributed by atoms with van der Waals surface area (Å²) in [7, 11) is 0. The fourth-order valence-electron chi connectivity index (χ4n) is 2.85. The number of nitrogens with two attached hydrogens (primary N) is 1. The number of primary amides is 1. The van der Waals surface area contributed by atoms with Gasteiger partial charge in [-0.05, 0) is 38.0 Å². The molecule has 0 aliphatic carbocycles. The van der Waals surface area contributed by atoms with Crippen LogP contribution in [0.5, 0.6) is 0 Å². The van der Waals surface area contributed by atoms with Crippen molar-refractivity contribution in [3.8, 4) is 0 Å². The number of hydrogen-bond acceptors (Lipinski definition) is 3. The van der Waals surface area contributed by atoms with Crippen molar-refractivity contribution in [2.45, 2.75) is 51.2 Å². The lowest BCUT2D eigenvalue weighted by Gasteiger charge is -2.45. The first-order chi connectivity index (χ1) is 9.39. The summed E-state index contributed by atoms with van der Waals surface area (Å²) in [6, 6.07) is 8.01. The number of hydrogen-bond donors (Lipinski definition) is 2. The number of carbonyl (C=O) groups excluding carboxylic acids is 1. The highest BCUT2D eigenvalue weighted by atomic mass is 16.5. The van der Waals surface area contributed by atoms with Crippen molar-refractivity contribution in [2.24, 2.45) is 5.73 Å². The Labute approximate surface area is 120 Å². The van der Waals surface area contributed by atoms with Crippen molar-refractivity contribution in [2.75, 3.05) is 11.9 Å². The first-order valence-electron chi connectivity index (χ1n) is 7.18. The van der Waals surface area contributed by atoms with Gasteiger partial charge in [0.15, 0.2) is 0 Å². The molecule has 0 radical (unpaired) electrons. The van der Waals surface area contributed by atoms with Crippen LogP contribution in [0, 0.1) is 6.92 Å². The molecule has 2 unspecified atom stereocenters. The van der Waals surface area contributed by atoms with Crippen LogP contribution < -0.4 is 11.1 Å². The molecule has 0 bridgehead atoms. The number of nitrogens with one attached hydrogen (secondary N) is 1. The van der Waals surface area contributed by atoms with E-state index < -0.39 is 5.54 Å². The van der Waals surface area contributed by atoms with Crippen LogP contribution in [0.15, 0.2) is 24.3 Å². The van der Waals surface area contributed by atoms with Gasteiger partial charge in [-0.15, -0.1) is 0 Å². The molecule has 1 aromatic carbocycles. The Kier molecular flexibility index (Phi) is 4.04. The molecule has 20 heavy (non-hydrogen) atoms. The maximum atomic E-state index is 12.1. The predicted octanol–water partition coefficient (Wildman–Crippen LogP) is 2.61. The molecule has 1 heterocycles. The fraction of sp³-hybridized carbons (Fsp3) is 0.562. The summed E-state index contributed by atoms with van der Waals surface area (Å²) >= 11 is 0. The average Bonchev–Trinajstić information content (AvgIpc) is 2.38. The molecular formula is C16H24N2O2. The van der Waals surface area contributed by atoms with E-state index in [0.29, 0.717) is 19.4 Å². The van der Waals surface area contributed by atoms with Gasteiger partial charge in [-0.25, -0.2) is 0 Å². The Bertz CT molecular complexity index is 503. The van der Waals surface area contributed by atoms with Gasteiger partial charge in [0.05, 0.1) is 12.2 Å².